The van der Waals surface area contributed by atoms with Gasteiger partial charge in [0.25, 0.3) is 0 Å². The van der Waals surface area contributed by atoms with Crippen LogP contribution >= 0.6 is 12.4 Å². The Morgan fingerprint density at radius 3 is 2.62 bits per heavy atom. The molecule has 0 atom stereocenters. The van der Waals surface area contributed by atoms with Crippen LogP contribution in [0.2, 0.25) is 0 Å². The van der Waals surface area contributed by atoms with Crippen molar-refractivity contribution in [1.29, 1.82) is 0 Å². The zero-order valence-corrected chi connectivity index (χ0v) is 12.7. The van der Waals surface area contributed by atoms with Gasteiger partial charge >= 0.3 is 0 Å². The number of benzene rings is 1. The summed E-state index contributed by atoms with van der Waals surface area (Å²) in [5.41, 5.74) is 0.924. The molecule has 0 aliphatic carbocycles. The van der Waals surface area contributed by atoms with E-state index in [9.17, 15) is 0 Å². The van der Waals surface area contributed by atoms with Gasteiger partial charge in [-0.05, 0) is 24.3 Å². The van der Waals surface area contributed by atoms with Crippen LogP contribution in [0.25, 0.3) is 10.9 Å². The Morgan fingerprint density at radius 1 is 1.10 bits per heavy atom. The maximum absolute atomic E-state index is 5.29. The Kier molecular flexibility index (Phi) is 4.65. The van der Waals surface area contributed by atoms with Crippen LogP contribution in [0.4, 0.5) is 11.8 Å². The largest absolute Gasteiger partial charge is 0.467 e. The summed E-state index contributed by atoms with van der Waals surface area (Å²) in [5, 5.41) is 4.23. The molecule has 2 heterocycles. The SMILES string of the molecule is CN(C)c1nc(NCc2ccco2)nc2ccccc12.Cl. The molecule has 0 saturated heterocycles. The first-order valence-electron chi connectivity index (χ1n) is 6.44. The van der Waals surface area contributed by atoms with E-state index in [2.05, 4.69) is 15.3 Å². The van der Waals surface area contributed by atoms with Crippen molar-refractivity contribution in [2.24, 2.45) is 0 Å². The highest BCUT2D eigenvalue weighted by Crippen LogP contribution is 2.23. The number of rotatable bonds is 4. The molecule has 0 radical (unpaired) electrons. The van der Waals surface area contributed by atoms with Gasteiger partial charge in [0.1, 0.15) is 11.6 Å². The minimum atomic E-state index is 0. The molecule has 0 unspecified atom stereocenters. The van der Waals surface area contributed by atoms with E-state index in [1.165, 1.54) is 0 Å². The van der Waals surface area contributed by atoms with Crippen molar-refractivity contribution in [2.75, 3.05) is 24.3 Å². The molecule has 110 valence electrons. The maximum Gasteiger partial charge on any atom is 0.225 e. The molecule has 1 aromatic carbocycles. The van der Waals surface area contributed by atoms with E-state index in [1.807, 2.05) is 55.4 Å². The van der Waals surface area contributed by atoms with Crippen molar-refractivity contribution in [3.05, 3.63) is 48.4 Å². The predicted octanol–water partition coefficient (Wildman–Crippen LogP) is 3.32. The smallest absolute Gasteiger partial charge is 0.225 e. The van der Waals surface area contributed by atoms with Crippen LogP contribution in [0.5, 0.6) is 0 Å². The van der Waals surface area contributed by atoms with Crippen molar-refractivity contribution >= 4 is 35.1 Å². The average molecular weight is 305 g/mol. The van der Waals surface area contributed by atoms with E-state index in [0.29, 0.717) is 12.5 Å². The molecule has 0 aliphatic rings. The topological polar surface area (TPSA) is 54.2 Å². The highest BCUT2D eigenvalue weighted by molar-refractivity contribution is 5.90. The second-order valence-electron chi connectivity index (χ2n) is 4.72. The van der Waals surface area contributed by atoms with Gasteiger partial charge in [-0.1, -0.05) is 12.1 Å². The molecule has 0 saturated carbocycles. The number of halogens is 1. The molecule has 0 aliphatic heterocycles. The first kappa shape index (κ1) is 15.1. The van der Waals surface area contributed by atoms with Gasteiger partial charge < -0.3 is 14.6 Å². The lowest BCUT2D eigenvalue weighted by atomic mass is 10.2. The molecule has 3 aromatic rings. The summed E-state index contributed by atoms with van der Waals surface area (Å²) in [4.78, 5) is 11.1. The molecule has 6 heteroatoms. The summed E-state index contributed by atoms with van der Waals surface area (Å²) in [6.45, 7) is 0.568. The minimum absolute atomic E-state index is 0. The minimum Gasteiger partial charge on any atom is -0.467 e. The number of para-hydroxylation sites is 1. The molecule has 1 N–H and O–H groups in total. The van der Waals surface area contributed by atoms with Crippen molar-refractivity contribution in [3.8, 4) is 0 Å². The number of furan rings is 1. The number of anilines is 2. The Labute approximate surface area is 129 Å². The van der Waals surface area contributed by atoms with Gasteiger partial charge in [-0.25, -0.2) is 4.98 Å². The van der Waals surface area contributed by atoms with Crippen LogP contribution in [0.15, 0.2) is 47.1 Å². The lowest BCUT2D eigenvalue weighted by Crippen LogP contribution is -2.13. The molecule has 5 nitrogen and oxygen atoms in total. The molecule has 0 amide bonds. The number of aromatic nitrogens is 2. The van der Waals surface area contributed by atoms with Crippen molar-refractivity contribution < 1.29 is 4.42 Å². The summed E-state index contributed by atoms with van der Waals surface area (Å²) in [5.74, 6) is 2.36. The fourth-order valence-corrected chi connectivity index (χ4v) is 2.06. The molecule has 0 fully saturated rings. The standard InChI is InChI=1S/C15H16N4O.ClH/c1-19(2)14-12-7-3-4-8-13(12)17-15(18-14)16-10-11-6-5-9-20-11;/h3-9H,10H2,1-2H3,(H,16,17,18);1H. The van der Waals surface area contributed by atoms with Crippen LogP contribution in [0.1, 0.15) is 5.76 Å². The lowest BCUT2D eigenvalue weighted by molar-refractivity contribution is 0.517. The van der Waals surface area contributed by atoms with Gasteiger partial charge in [-0.15, -0.1) is 12.4 Å². The van der Waals surface area contributed by atoms with Gasteiger partial charge in [-0.2, -0.15) is 4.98 Å². The van der Waals surface area contributed by atoms with Crippen LogP contribution in [-0.4, -0.2) is 24.1 Å². The van der Waals surface area contributed by atoms with E-state index in [-0.39, 0.29) is 12.4 Å². The van der Waals surface area contributed by atoms with Crippen LogP contribution in [0.3, 0.4) is 0 Å². The maximum atomic E-state index is 5.29. The summed E-state index contributed by atoms with van der Waals surface area (Å²) < 4.78 is 5.29. The number of hydrogen-bond acceptors (Lipinski definition) is 5. The average Bonchev–Trinajstić information content (AvgIpc) is 2.97. The fraction of sp³-hybridized carbons (Fsp3) is 0.200. The zero-order chi connectivity index (χ0) is 13.9. The van der Waals surface area contributed by atoms with Gasteiger partial charge in [0.05, 0.1) is 18.3 Å². The number of fused-ring (bicyclic) bond motifs is 1. The van der Waals surface area contributed by atoms with E-state index in [0.717, 1.165) is 22.5 Å². The molecule has 21 heavy (non-hydrogen) atoms. The second-order valence-corrected chi connectivity index (χ2v) is 4.72. The highest BCUT2D eigenvalue weighted by atomic mass is 35.5. The van der Waals surface area contributed by atoms with E-state index < -0.39 is 0 Å². The molecule has 0 bridgehead atoms. The Bertz CT molecular complexity index is 713. The van der Waals surface area contributed by atoms with Crippen molar-refractivity contribution in [2.45, 2.75) is 6.54 Å². The summed E-state index contributed by atoms with van der Waals surface area (Å²) >= 11 is 0. The van der Waals surface area contributed by atoms with Gasteiger partial charge in [0.2, 0.25) is 5.95 Å². The Balaban J connectivity index is 0.00000161. The normalized spacial score (nSPS) is 10.2. The van der Waals surface area contributed by atoms with Gasteiger partial charge in [0, 0.05) is 19.5 Å². The van der Waals surface area contributed by atoms with Crippen LogP contribution in [0, 0.1) is 0 Å². The van der Waals surface area contributed by atoms with E-state index >= 15 is 0 Å². The predicted molar refractivity (Wildman–Crippen MR) is 87.1 cm³/mol. The third-order valence-corrected chi connectivity index (χ3v) is 3.01. The third-order valence-electron chi connectivity index (χ3n) is 3.01. The van der Waals surface area contributed by atoms with E-state index in [4.69, 9.17) is 4.42 Å². The molecular formula is C15H17ClN4O. The lowest BCUT2D eigenvalue weighted by Gasteiger charge is -2.15. The monoisotopic (exact) mass is 304 g/mol. The fourth-order valence-electron chi connectivity index (χ4n) is 2.06. The Hall–Kier alpha value is -2.27. The first-order chi connectivity index (χ1) is 9.74. The third kappa shape index (κ3) is 3.25. The second kappa shape index (κ2) is 6.45. The zero-order valence-electron chi connectivity index (χ0n) is 11.9. The number of nitrogens with one attached hydrogen (secondary N) is 1. The Morgan fingerprint density at radius 2 is 1.90 bits per heavy atom. The van der Waals surface area contributed by atoms with Crippen molar-refractivity contribution in [1.82, 2.24) is 9.97 Å². The molecular weight excluding hydrogens is 288 g/mol. The molecule has 0 spiro atoms. The quantitative estimate of drug-likeness (QED) is 0.801. The first-order valence-corrected chi connectivity index (χ1v) is 6.44. The molecule has 3 rings (SSSR count). The number of nitrogens with zero attached hydrogens (tertiary/aromatic N) is 3. The van der Waals surface area contributed by atoms with Gasteiger partial charge in [-0.3, -0.25) is 0 Å². The summed E-state index contributed by atoms with van der Waals surface area (Å²) in [7, 11) is 3.95. The highest BCUT2D eigenvalue weighted by Gasteiger charge is 2.09. The van der Waals surface area contributed by atoms with Crippen molar-refractivity contribution in [3.63, 3.8) is 0 Å². The summed E-state index contributed by atoms with van der Waals surface area (Å²) in [6.07, 6.45) is 1.66. The van der Waals surface area contributed by atoms with Gasteiger partial charge in [0.15, 0.2) is 0 Å². The van der Waals surface area contributed by atoms with Crippen LogP contribution in [-0.2, 0) is 6.54 Å². The molecule has 2 aromatic heterocycles. The van der Waals surface area contributed by atoms with E-state index in [1.54, 1.807) is 6.26 Å². The summed E-state index contributed by atoms with van der Waals surface area (Å²) in [6, 6.07) is 11.8. The number of hydrogen-bond donors (Lipinski definition) is 1. The van der Waals surface area contributed by atoms with Crippen LogP contribution < -0.4 is 10.2 Å².